The van der Waals surface area contributed by atoms with E-state index < -0.39 is 0 Å². The molecule has 4 heteroatoms. The normalized spacial score (nSPS) is 52.0. The Morgan fingerprint density at radius 3 is 1.12 bits per heavy atom. The van der Waals surface area contributed by atoms with Crippen LogP contribution in [0.4, 0.5) is 0 Å². The molecule has 0 amide bonds. The van der Waals surface area contributed by atoms with E-state index >= 15 is 0 Å². The average Bonchev–Trinajstić information content (AvgIpc) is 3.32. The highest BCUT2D eigenvalue weighted by Gasteiger charge is 2.38. The molecule has 4 nitrogen and oxygen atoms in total. The van der Waals surface area contributed by atoms with Gasteiger partial charge in [0.25, 0.3) is 0 Å². The highest BCUT2D eigenvalue weighted by Crippen LogP contribution is 2.30. The summed E-state index contributed by atoms with van der Waals surface area (Å²) in [4.78, 5) is 0. The zero-order chi connectivity index (χ0) is 15.9. The minimum absolute atomic E-state index is 0.731. The van der Waals surface area contributed by atoms with Crippen molar-refractivity contribution in [2.45, 2.75) is 125 Å². The van der Waals surface area contributed by atoms with Crippen molar-refractivity contribution in [2.24, 2.45) is 0 Å². The van der Waals surface area contributed by atoms with E-state index in [0.717, 1.165) is 48.3 Å². The summed E-state index contributed by atoms with van der Waals surface area (Å²) in [5, 5.41) is 15.9. The van der Waals surface area contributed by atoms with Crippen LogP contribution in [0.2, 0.25) is 0 Å². The van der Waals surface area contributed by atoms with Crippen molar-refractivity contribution < 1.29 is 0 Å². The van der Waals surface area contributed by atoms with Crippen LogP contribution in [0, 0.1) is 0 Å². The minimum atomic E-state index is 0.731. The summed E-state index contributed by atoms with van der Waals surface area (Å²) >= 11 is 0. The molecule has 8 bridgehead atoms. The minimum Gasteiger partial charge on any atom is -0.311 e. The van der Waals surface area contributed by atoms with E-state index in [1.54, 1.807) is 0 Å². The largest absolute Gasteiger partial charge is 0.311 e. The van der Waals surface area contributed by atoms with Crippen LogP contribution in [0.15, 0.2) is 0 Å². The van der Waals surface area contributed by atoms with Crippen molar-refractivity contribution in [3.05, 3.63) is 0 Å². The third kappa shape index (κ3) is 3.40. The molecule has 5 heterocycles. The maximum absolute atomic E-state index is 4.00. The molecule has 24 heavy (non-hydrogen) atoms. The first-order valence-corrected chi connectivity index (χ1v) is 10.9. The quantitative estimate of drug-likeness (QED) is 0.548. The molecular weight excluding hydrogens is 296 g/mol. The van der Waals surface area contributed by atoms with Gasteiger partial charge in [0.1, 0.15) is 0 Å². The van der Waals surface area contributed by atoms with Gasteiger partial charge < -0.3 is 21.3 Å². The predicted molar refractivity (Wildman–Crippen MR) is 98.3 cm³/mol. The van der Waals surface area contributed by atoms with Gasteiger partial charge in [-0.2, -0.15) is 0 Å². The second kappa shape index (κ2) is 6.86. The van der Waals surface area contributed by atoms with Crippen LogP contribution in [-0.4, -0.2) is 48.3 Å². The van der Waals surface area contributed by atoms with Gasteiger partial charge in [0.05, 0.1) is 0 Å². The highest BCUT2D eigenvalue weighted by molar-refractivity contribution is 5.00. The number of fused-ring (bicyclic) bond motifs is 9. The van der Waals surface area contributed by atoms with E-state index in [9.17, 15) is 0 Å². The number of hydrogen-bond acceptors (Lipinski definition) is 4. The molecule has 5 fully saturated rings. The van der Waals surface area contributed by atoms with Gasteiger partial charge in [-0.1, -0.05) is 0 Å². The van der Waals surface area contributed by atoms with Crippen molar-refractivity contribution in [3.8, 4) is 0 Å². The lowest BCUT2D eigenvalue weighted by Gasteiger charge is -2.25. The monoisotopic (exact) mass is 332 g/mol. The first-order valence-electron chi connectivity index (χ1n) is 10.9. The lowest BCUT2D eigenvalue weighted by Crippen LogP contribution is -2.47. The van der Waals surface area contributed by atoms with E-state index in [-0.39, 0.29) is 0 Å². The summed E-state index contributed by atoms with van der Waals surface area (Å²) in [5.74, 6) is 0. The van der Waals surface area contributed by atoms with Gasteiger partial charge in [0, 0.05) is 48.3 Å². The van der Waals surface area contributed by atoms with E-state index in [1.165, 1.54) is 77.0 Å². The summed E-state index contributed by atoms with van der Waals surface area (Å²) < 4.78 is 0. The van der Waals surface area contributed by atoms with Crippen LogP contribution in [0.3, 0.4) is 0 Å². The van der Waals surface area contributed by atoms with Crippen LogP contribution in [-0.2, 0) is 0 Å². The van der Waals surface area contributed by atoms with E-state index in [1.807, 2.05) is 0 Å². The molecule has 5 aliphatic rings. The molecule has 8 atom stereocenters. The number of hydrogen-bond donors (Lipinski definition) is 4. The summed E-state index contributed by atoms with van der Waals surface area (Å²) in [7, 11) is 0. The van der Waals surface area contributed by atoms with Crippen molar-refractivity contribution in [2.75, 3.05) is 0 Å². The topological polar surface area (TPSA) is 48.1 Å². The van der Waals surface area contributed by atoms with Crippen molar-refractivity contribution in [1.82, 2.24) is 21.3 Å². The summed E-state index contributed by atoms with van der Waals surface area (Å²) in [6.07, 6.45) is 16.6. The van der Waals surface area contributed by atoms with Crippen LogP contribution in [0.5, 0.6) is 0 Å². The lowest BCUT2D eigenvalue weighted by molar-refractivity contribution is 0.364. The Morgan fingerprint density at radius 2 is 0.667 bits per heavy atom. The molecule has 0 radical (unpaired) electrons. The molecule has 0 aromatic heterocycles. The first kappa shape index (κ1) is 16.0. The van der Waals surface area contributed by atoms with Crippen LogP contribution in [0.25, 0.3) is 0 Å². The number of nitrogens with one attached hydrogen (secondary N) is 4. The van der Waals surface area contributed by atoms with Gasteiger partial charge in [-0.3, -0.25) is 0 Å². The van der Waals surface area contributed by atoms with Gasteiger partial charge in [-0.05, 0) is 77.0 Å². The van der Waals surface area contributed by atoms with Crippen molar-refractivity contribution in [3.63, 3.8) is 0 Å². The van der Waals surface area contributed by atoms with Gasteiger partial charge in [0.15, 0.2) is 0 Å². The number of rotatable bonds is 0. The van der Waals surface area contributed by atoms with Crippen LogP contribution < -0.4 is 21.3 Å². The lowest BCUT2D eigenvalue weighted by atomic mass is 10.0. The second-order valence-corrected chi connectivity index (χ2v) is 9.42. The van der Waals surface area contributed by atoms with Gasteiger partial charge >= 0.3 is 0 Å². The molecule has 136 valence electrons. The Kier molecular flexibility index (Phi) is 4.59. The van der Waals surface area contributed by atoms with Crippen molar-refractivity contribution >= 4 is 0 Å². The summed E-state index contributed by atoms with van der Waals surface area (Å²) in [6, 6.07) is 6.11. The maximum atomic E-state index is 4.00. The molecule has 5 rings (SSSR count). The molecule has 0 spiro atoms. The molecule has 5 saturated heterocycles. The molecule has 0 aromatic rings. The Labute approximate surface area is 147 Å². The molecule has 5 aliphatic heterocycles. The first-order chi connectivity index (χ1) is 11.8. The van der Waals surface area contributed by atoms with E-state index in [0.29, 0.717) is 0 Å². The molecule has 0 saturated carbocycles. The third-order valence-corrected chi connectivity index (χ3v) is 7.71. The van der Waals surface area contributed by atoms with E-state index in [4.69, 9.17) is 0 Å². The van der Waals surface area contributed by atoms with E-state index in [2.05, 4.69) is 21.3 Å². The molecule has 4 N–H and O–H groups in total. The average molecular weight is 333 g/mol. The Bertz CT molecular complexity index is 401. The fourth-order valence-corrected chi connectivity index (χ4v) is 6.43. The second-order valence-electron chi connectivity index (χ2n) is 9.42. The SMILES string of the molecule is C1CC2CCC(CC3CCC(N3)C3CCC(CC4CCC1N4)N3)N2. The maximum Gasteiger partial charge on any atom is 0.0224 e. The van der Waals surface area contributed by atoms with Crippen LogP contribution >= 0.6 is 0 Å². The predicted octanol–water partition coefficient (Wildman–Crippen LogP) is 2.04. The summed E-state index contributed by atoms with van der Waals surface area (Å²) in [5.41, 5.74) is 0. The highest BCUT2D eigenvalue weighted by atomic mass is 15.1. The zero-order valence-electron chi connectivity index (χ0n) is 15.1. The molecule has 0 aliphatic carbocycles. The third-order valence-electron chi connectivity index (χ3n) is 7.71. The smallest absolute Gasteiger partial charge is 0.0224 e. The van der Waals surface area contributed by atoms with Crippen molar-refractivity contribution in [1.29, 1.82) is 0 Å². The standard InChI is InChI=1S/C20H36N4/c1-2-14-4-6-16(22-14)12-18-8-10-20(24-18)19-9-7-17(23-19)11-15-5-3-13(1)21-15/h13-24H,1-12H2. The fraction of sp³-hybridized carbons (Fsp3) is 1.00. The Hall–Kier alpha value is -0.160. The Morgan fingerprint density at radius 1 is 0.333 bits per heavy atom. The van der Waals surface area contributed by atoms with Gasteiger partial charge in [-0.25, -0.2) is 0 Å². The fourth-order valence-electron chi connectivity index (χ4n) is 6.43. The van der Waals surface area contributed by atoms with Crippen LogP contribution in [0.1, 0.15) is 77.0 Å². The van der Waals surface area contributed by atoms with Gasteiger partial charge in [-0.15, -0.1) is 0 Å². The summed E-state index contributed by atoms with van der Waals surface area (Å²) in [6.45, 7) is 0. The molecular formula is C20H36N4. The zero-order valence-corrected chi connectivity index (χ0v) is 15.1. The molecule has 0 aromatic carbocycles. The Balaban J connectivity index is 1.27. The molecule has 8 unspecified atom stereocenters. The van der Waals surface area contributed by atoms with Gasteiger partial charge in [0.2, 0.25) is 0 Å².